The van der Waals surface area contributed by atoms with Crippen molar-refractivity contribution in [2.45, 2.75) is 39.7 Å². The normalized spacial score (nSPS) is 11.1. The van der Waals surface area contributed by atoms with Gasteiger partial charge in [0.05, 0.1) is 0 Å². The first-order valence-corrected chi connectivity index (χ1v) is 7.15. The molecular formula is C16H28N2. The Kier molecular flexibility index (Phi) is 7.70. The number of hydrogen-bond donors (Lipinski definition) is 2. The van der Waals surface area contributed by atoms with Gasteiger partial charge >= 0.3 is 0 Å². The van der Waals surface area contributed by atoms with Crippen LogP contribution in [0.1, 0.15) is 37.8 Å². The van der Waals surface area contributed by atoms with Gasteiger partial charge in [-0.25, -0.2) is 0 Å². The monoisotopic (exact) mass is 248 g/mol. The van der Waals surface area contributed by atoms with Crippen LogP contribution in [0.25, 0.3) is 0 Å². The van der Waals surface area contributed by atoms with Crippen molar-refractivity contribution in [3.63, 3.8) is 0 Å². The molecule has 0 unspecified atom stereocenters. The van der Waals surface area contributed by atoms with Crippen LogP contribution in [-0.4, -0.2) is 20.1 Å². The molecule has 2 nitrogen and oxygen atoms in total. The summed E-state index contributed by atoms with van der Waals surface area (Å²) in [5, 5.41) is 6.66. The number of unbranched alkanes of at least 4 members (excludes halogenated alkanes) is 1. The number of nitrogens with one attached hydrogen (secondary N) is 2. The highest BCUT2D eigenvalue weighted by Gasteiger charge is 1.98. The van der Waals surface area contributed by atoms with Gasteiger partial charge in [0.15, 0.2) is 0 Å². The lowest BCUT2D eigenvalue weighted by molar-refractivity contribution is 0.605. The van der Waals surface area contributed by atoms with Crippen LogP contribution in [-0.2, 0) is 13.0 Å². The summed E-state index contributed by atoms with van der Waals surface area (Å²) in [7, 11) is 2.01. The van der Waals surface area contributed by atoms with Gasteiger partial charge in [0.2, 0.25) is 0 Å². The van der Waals surface area contributed by atoms with Crippen molar-refractivity contribution >= 4 is 0 Å². The van der Waals surface area contributed by atoms with E-state index in [9.17, 15) is 0 Å². The van der Waals surface area contributed by atoms with Crippen LogP contribution in [0, 0.1) is 5.92 Å². The van der Waals surface area contributed by atoms with E-state index in [1.165, 1.54) is 30.4 Å². The van der Waals surface area contributed by atoms with Crippen molar-refractivity contribution in [3.05, 3.63) is 35.4 Å². The first kappa shape index (κ1) is 15.2. The van der Waals surface area contributed by atoms with Crippen LogP contribution in [0.3, 0.4) is 0 Å². The summed E-state index contributed by atoms with van der Waals surface area (Å²) in [6.45, 7) is 7.74. The predicted molar refractivity (Wildman–Crippen MR) is 79.9 cm³/mol. The molecule has 0 saturated carbocycles. The summed E-state index contributed by atoms with van der Waals surface area (Å²) in [5.41, 5.74) is 2.83. The molecular weight excluding hydrogens is 220 g/mol. The van der Waals surface area contributed by atoms with Gasteiger partial charge in [-0.15, -0.1) is 0 Å². The lowest BCUT2D eigenvalue weighted by atomic mass is 10.0. The highest BCUT2D eigenvalue weighted by atomic mass is 14.8. The van der Waals surface area contributed by atoms with Crippen LogP contribution >= 0.6 is 0 Å². The van der Waals surface area contributed by atoms with Gasteiger partial charge in [-0.3, -0.25) is 0 Å². The smallest absolute Gasteiger partial charge is 0.0205 e. The standard InChI is InChI=1S/C16H28N2/c1-14(2)12-15-6-8-16(9-7-15)13-18-11-5-4-10-17-3/h6-9,14,17-18H,4-5,10-13H2,1-3H3. The first-order chi connectivity index (χ1) is 8.72. The molecule has 0 aliphatic carbocycles. The van der Waals surface area contributed by atoms with E-state index in [1.807, 2.05) is 7.05 Å². The van der Waals surface area contributed by atoms with Gasteiger partial charge in [-0.05, 0) is 56.4 Å². The van der Waals surface area contributed by atoms with E-state index in [0.29, 0.717) is 0 Å². The topological polar surface area (TPSA) is 24.1 Å². The van der Waals surface area contributed by atoms with Crippen molar-refractivity contribution in [1.82, 2.24) is 10.6 Å². The van der Waals surface area contributed by atoms with E-state index in [2.05, 4.69) is 48.7 Å². The van der Waals surface area contributed by atoms with Crippen molar-refractivity contribution in [1.29, 1.82) is 0 Å². The number of benzene rings is 1. The average Bonchev–Trinajstić information content (AvgIpc) is 2.35. The maximum absolute atomic E-state index is 3.49. The Labute approximate surface area is 112 Å². The Morgan fingerprint density at radius 2 is 1.56 bits per heavy atom. The summed E-state index contributed by atoms with van der Waals surface area (Å²) in [6, 6.07) is 9.02. The Hall–Kier alpha value is -0.860. The minimum atomic E-state index is 0.737. The summed E-state index contributed by atoms with van der Waals surface area (Å²) in [4.78, 5) is 0. The molecule has 18 heavy (non-hydrogen) atoms. The Morgan fingerprint density at radius 3 is 2.17 bits per heavy atom. The SMILES string of the molecule is CNCCCCNCc1ccc(CC(C)C)cc1. The Bertz CT molecular complexity index is 303. The number of hydrogen-bond acceptors (Lipinski definition) is 2. The highest BCUT2D eigenvalue weighted by Crippen LogP contribution is 2.09. The molecule has 0 aliphatic heterocycles. The lowest BCUT2D eigenvalue weighted by Crippen LogP contribution is -2.16. The van der Waals surface area contributed by atoms with E-state index in [-0.39, 0.29) is 0 Å². The maximum atomic E-state index is 3.49. The number of rotatable bonds is 9. The third-order valence-corrected chi connectivity index (χ3v) is 3.03. The fourth-order valence-corrected chi connectivity index (χ4v) is 2.05. The fourth-order valence-electron chi connectivity index (χ4n) is 2.05. The molecule has 2 heteroatoms. The van der Waals surface area contributed by atoms with Crippen LogP contribution < -0.4 is 10.6 Å². The van der Waals surface area contributed by atoms with Crippen molar-refractivity contribution in [2.75, 3.05) is 20.1 Å². The van der Waals surface area contributed by atoms with Crippen molar-refractivity contribution in [3.8, 4) is 0 Å². The van der Waals surface area contributed by atoms with E-state index in [1.54, 1.807) is 0 Å². The molecule has 0 aliphatic rings. The van der Waals surface area contributed by atoms with Gasteiger partial charge < -0.3 is 10.6 Å². The highest BCUT2D eigenvalue weighted by molar-refractivity contribution is 5.22. The molecule has 0 saturated heterocycles. The molecule has 102 valence electrons. The van der Waals surface area contributed by atoms with E-state index in [4.69, 9.17) is 0 Å². The third-order valence-electron chi connectivity index (χ3n) is 3.03. The minimum absolute atomic E-state index is 0.737. The predicted octanol–water partition coefficient (Wildman–Crippen LogP) is 2.97. The zero-order valence-electron chi connectivity index (χ0n) is 12.1. The summed E-state index contributed by atoms with van der Waals surface area (Å²) in [5.74, 6) is 0.737. The molecule has 0 atom stereocenters. The summed E-state index contributed by atoms with van der Waals surface area (Å²) in [6.07, 6.45) is 3.67. The molecule has 1 aromatic rings. The molecule has 1 rings (SSSR count). The van der Waals surface area contributed by atoms with Gasteiger partial charge in [-0.1, -0.05) is 38.1 Å². The Balaban J connectivity index is 2.18. The van der Waals surface area contributed by atoms with Crippen molar-refractivity contribution in [2.24, 2.45) is 5.92 Å². The first-order valence-electron chi connectivity index (χ1n) is 7.15. The maximum Gasteiger partial charge on any atom is 0.0205 e. The zero-order valence-corrected chi connectivity index (χ0v) is 12.1. The fraction of sp³-hybridized carbons (Fsp3) is 0.625. The minimum Gasteiger partial charge on any atom is -0.320 e. The lowest BCUT2D eigenvalue weighted by Gasteiger charge is -2.08. The average molecular weight is 248 g/mol. The van der Waals surface area contributed by atoms with Crippen LogP contribution in [0.2, 0.25) is 0 Å². The van der Waals surface area contributed by atoms with E-state index in [0.717, 1.165) is 25.6 Å². The summed E-state index contributed by atoms with van der Waals surface area (Å²) < 4.78 is 0. The largest absolute Gasteiger partial charge is 0.320 e. The molecule has 0 spiro atoms. The summed E-state index contributed by atoms with van der Waals surface area (Å²) >= 11 is 0. The zero-order chi connectivity index (χ0) is 13.2. The molecule has 0 aromatic heterocycles. The van der Waals surface area contributed by atoms with Crippen LogP contribution in [0.15, 0.2) is 24.3 Å². The van der Waals surface area contributed by atoms with Gasteiger partial charge in [-0.2, -0.15) is 0 Å². The van der Waals surface area contributed by atoms with Gasteiger partial charge in [0.25, 0.3) is 0 Å². The van der Waals surface area contributed by atoms with Crippen LogP contribution in [0.5, 0.6) is 0 Å². The van der Waals surface area contributed by atoms with Crippen LogP contribution in [0.4, 0.5) is 0 Å². The molecule has 1 aromatic carbocycles. The molecule has 0 bridgehead atoms. The van der Waals surface area contributed by atoms with Crippen molar-refractivity contribution < 1.29 is 0 Å². The molecule has 0 fully saturated rings. The molecule has 0 radical (unpaired) electrons. The molecule has 0 heterocycles. The molecule has 2 N–H and O–H groups in total. The third kappa shape index (κ3) is 6.77. The second-order valence-corrected chi connectivity index (χ2v) is 5.40. The molecule has 0 amide bonds. The quantitative estimate of drug-likeness (QED) is 0.657. The van der Waals surface area contributed by atoms with E-state index < -0.39 is 0 Å². The Morgan fingerprint density at radius 1 is 0.944 bits per heavy atom. The van der Waals surface area contributed by atoms with E-state index >= 15 is 0 Å². The second-order valence-electron chi connectivity index (χ2n) is 5.40. The van der Waals surface area contributed by atoms with Gasteiger partial charge in [0.1, 0.15) is 0 Å². The van der Waals surface area contributed by atoms with Gasteiger partial charge in [0, 0.05) is 6.54 Å². The second kappa shape index (κ2) is 9.12.